The van der Waals surface area contributed by atoms with Crippen LogP contribution in [0.4, 0.5) is 0 Å². The maximum atomic E-state index is 11.8. The van der Waals surface area contributed by atoms with Gasteiger partial charge >= 0.3 is 0 Å². The van der Waals surface area contributed by atoms with Crippen molar-refractivity contribution in [1.82, 2.24) is 15.1 Å². The largest absolute Gasteiger partial charge is 0.347 e. The first kappa shape index (κ1) is 14.5. The van der Waals surface area contributed by atoms with Gasteiger partial charge in [0.05, 0.1) is 6.04 Å². The monoisotopic (exact) mass is 241 g/mol. The number of piperidine rings is 1. The molecule has 0 aromatic rings. The summed E-state index contributed by atoms with van der Waals surface area (Å²) >= 11 is 0. The van der Waals surface area contributed by atoms with Gasteiger partial charge in [-0.1, -0.05) is 6.92 Å². The van der Waals surface area contributed by atoms with Crippen molar-refractivity contribution in [2.24, 2.45) is 5.92 Å². The number of carbonyl (C=O) groups excluding carboxylic acids is 1. The van der Waals surface area contributed by atoms with Gasteiger partial charge in [-0.15, -0.1) is 0 Å². The zero-order valence-corrected chi connectivity index (χ0v) is 12.0. The van der Waals surface area contributed by atoms with Gasteiger partial charge in [0, 0.05) is 32.7 Å². The molecule has 4 heteroatoms. The fourth-order valence-corrected chi connectivity index (χ4v) is 2.55. The van der Waals surface area contributed by atoms with Crippen LogP contribution in [-0.2, 0) is 4.79 Å². The van der Waals surface area contributed by atoms with Crippen LogP contribution < -0.4 is 5.32 Å². The fourth-order valence-electron chi connectivity index (χ4n) is 2.55. The van der Waals surface area contributed by atoms with Gasteiger partial charge in [0.2, 0.25) is 5.91 Å². The van der Waals surface area contributed by atoms with Crippen molar-refractivity contribution in [3.8, 4) is 0 Å². The zero-order chi connectivity index (χ0) is 13.2. The zero-order valence-electron chi connectivity index (χ0n) is 12.0. The lowest BCUT2D eigenvalue weighted by atomic mass is 9.89. The maximum absolute atomic E-state index is 11.8. The number of carbonyl (C=O) groups is 1. The number of hydrogen-bond acceptors (Lipinski definition) is 3. The van der Waals surface area contributed by atoms with Crippen LogP contribution in [0.2, 0.25) is 0 Å². The molecule has 0 aromatic carbocycles. The number of likely N-dealkylation sites (tertiary alicyclic amines) is 1. The smallest absolute Gasteiger partial charge is 0.238 e. The van der Waals surface area contributed by atoms with E-state index in [2.05, 4.69) is 31.1 Å². The van der Waals surface area contributed by atoms with Crippen LogP contribution in [0.1, 0.15) is 27.2 Å². The minimum Gasteiger partial charge on any atom is -0.347 e. The molecule has 1 aliphatic rings. The molecule has 0 bridgehead atoms. The van der Waals surface area contributed by atoms with Crippen LogP contribution in [0, 0.1) is 5.92 Å². The number of rotatable bonds is 3. The molecular formula is C13H27N3O. The molecule has 1 heterocycles. The molecule has 4 nitrogen and oxygen atoms in total. The summed E-state index contributed by atoms with van der Waals surface area (Å²) < 4.78 is 0. The molecule has 0 spiro atoms. The summed E-state index contributed by atoms with van der Waals surface area (Å²) in [6, 6.07) is 0.943. The standard InChI is InChI=1S/C13H27N3O/c1-9-8-16(6)10(2)7-12(9)14-11(3)13(17)15(4)5/h9-12,14H,7-8H2,1-6H3. The Kier molecular flexibility index (Phi) is 4.95. The lowest BCUT2D eigenvalue weighted by molar-refractivity contribution is -0.130. The second kappa shape index (κ2) is 5.83. The number of nitrogens with one attached hydrogen (secondary N) is 1. The van der Waals surface area contributed by atoms with Crippen LogP contribution >= 0.6 is 0 Å². The molecule has 0 saturated carbocycles. The second-order valence-corrected chi connectivity index (χ2v) is 5.73. The quantitative estimate of drug-likeness (QED) is 0.793. The van der Waals surface area contributed by atoms with Crippen molar-refractivity contribution in [2.75, 3.05) is 27.7 Å². The minimum absolute atomic E-state index is 0.0898. The Morgan fingerprint density at radius 1 is 1.41 bits per heavy atom. The van der Waals surface area contributed by atoms with Crippen LogP contribution in [0.25, 0.3) is 0 Å². The Morgan fingerprint density at radius 3 is 2.53 bits per heavy atom. The molecule has 1 amide bonds. The van der Waals surface area contributed by atoms with Gasteiger partial charge in [-0.2, -0.15) is 0 Å². The Labute approximate surface area is 105 Å². The molecule has 0 aliphatic carbocycles. The van der Waals surface area contributed by atoms with E-state index in [1.807, 2.05) is 6.92 Å². The van der Waals surface area contributed by atoms with Gasteiger partial charge in [0.25, 0.3) is 0 Å². The number of amides is 1. The summed E-state index contributed by atoms with van der Waals surface area (Å²) in [5, 5.41) is 3.48. The van der Waals surface area contributed by atoms with Gasteiger partial charge < -0.3 is 15.1 Å². The number of nitrogens with zero attached hydrogens (tertiary/aromatic N) is 2. The molecule has 1 N–H and O–H groups in total. The Balaban J connectivity index is 2.53. The normalized spacial score (nSPS) is 32.2. The molecule has 17 heavy (non-hydrogen) atoms. The summed E-state index contributed by atoms with van der Waals surface area (Å²) in [5.74, 6) is 0.748. The average molecular weight is 241 g/mol. The fraction of sp³-hybridized carbons (Fsp3) is 0.923. The number of likely N-dealkylation sites (N-methyl/N-ethyl adjacent to an activating group) is 1. The van der Waals surface area contributed by atoms with Gasteiger partial charge in [-0.3, -0.25) is 4.79 Å². The van der Waals surface area contributed by atoms with E-state index in [0.717, 1.165) is 13.0 Å². The Hall–Kier alpha value is -0.610. The van der Waals surface area contributed by atoms with E-state index < -0.39 is 0 Å². The molecule has 100 valence electrons. The molecule has 0 aromatic heterocycles. The summed E-state index contributed by atoms with van der Waals surface area (Å²) in [6.45, 7) is 7.56. The van der Waals surface area contributed by atoms with Gasteiger partial charge in [-0.05, 0) is 33.2 Å². The van der Waals surface area contributed by atoms with Crippen molar-refractivity contribution < 1.29 is 4.79 Å². The lowest BCUT2D eigenvalue weighted by Gasteiger charge is -2.41. The van der Waals surface area contributed by atoms with Crippen molar-refractivity contribution in [2.45, 2.75) is 45.3 Å². The molecule has 0 radical (unpaired) electrons. The minimum atomic E-state index is -0.0898. The highest BCUT2D eigenvalue weighted by Crippen LogP contribution is 2.21. The highest BCUT2D eigenvalue weighted by atomic mass is 16.2. The van der Waals surface area contributed by atoms with E-state index in [4.69, 9.17) is 0 Å². The highest BCUT2D eigenvalue weighted by molar-refractivity contribution is 5.80. The molecule has 1 rings (SSSR count). The summed E-state index contributed by atoms with van der Waals surface area (Å²) in [4.78, 5) is 15.9. The van der Waals surface area contributed by atoms with Crippen molar-refractivity contribution in [3.63, 3.8) is 0 Å². The third-order valence-electron chi connectivity index (χ3n) is 3.89. The molecule has 1 aliphatic heterocycles. The first-order valence-electron chi connectivity index (χ1n) is 6.50. The highest BCUT2D eigenvalue weighted by Gasteiger charge is 2.30. The first-order chi connectivity index (χ1) is 7.82. The molecule has 1 fully saturated rings. The van der Waals surface area contributed by atoms with Gasteiger partial charge in [0.1, 0.15) is 0 Å². The number of hydrogen-bond donors (Lipinski definition) is 1. The third-order valence-corrected chi connectivity index (χ3v) is 3.89. The van der Waals surface area contributed by atoms with Crippen LogP contribution in [0.3, 0.4) is 0 Å². The van der Waals surface area contributed by atoms with E-state index in [9.17, 15) is 4.79 Å². The van der Waals surface area contributed by atoms with E-state index in [-0.39, 0.29) is 11.9 Å². The average Bonchev–Trinajstić information content (AvgIpc) is 2.24. The van der Waals surface area contributed by atoms with Crippen molar-refractivity contribution in [3.05, 3.63) is 0 Å². The lowest BCUT2D eigenvalue weighted by Crippen LogP contribution is -2.55. The van der Waals surface area contributed by atoms with Crippen molar-refractivity contribution >= 4 is 5.91 Å². The van der Waals surface area contributed by atoms with E-state index >= 15 is 0 Å². The molecular weight excluding hydrogens is 214 g/mol. The second-order valence-electron chi connectivity index (χ2n) is 5.73. The predicted octanol–water partition coefficient (Wildman–Crippen LogP) is 0.781. The molecule has 1 saturated heterocycles. The van der Waals surface area contributed by atoms with E-state index in [0.29, 0.717) is 18.0 Å². The SMILES string of the molecule is CC(NC1CC(C)N(C)CC1C)C(=O)N(C)C. The van der Waals surface area contributed by atoms with Crippen LogP contribution in [0.15, 0.2) is 0 Å². The van der Waals surface area contributed by atoms with Gasteiger partial charge in [0.15, 0.2) is 0 Å². The molecule has 4 unspecified atom stereocenters. The van der Waals surface area contributed by atoms with Crippen molar-refractivity contribution in [1.29, 1.82) is 0 Å². The molecule has 4 atom stereocenters. The van der Waals surface area contributed by atoms with Crippen LogP contribution in [0.5, 0.6) is 0 Å². The summed E-state index contributed by atoms with van der Waals surface area (Å²) in [6.07, 6.45) is 1.11. The van der Waals surface area contributed by atoms with Crippen LogP contribution in [-0.4, -0.2) is 61.5 Å². The predicted molar refractivity (Wildman–Crippen MR) is 71.0 cm³/mol. The van der Waals surface area contributed by atoms with Gasteiger partial charge in [-0.25, -0.2) is 0 Å². The third kappa shape index (κ3) is 3.68. The van der Waals surface area contributed by atoms with E-state index in [1.165, 1.54) is 0 Å². The Bertz CT molecular complexity index is 267. The maximum Gasteiger partial charge on any atom is 0.238 e. The topological polar surface area (TPSA) is 35.6 Å². The summed E-state index contributed by atoms with van der Waals surface area (Å²) in [7, 11) is 5.79. The van der Waals surface area contributed by atoms with E-state index in [1.54, 1.807) is 19.0 Å². The Morgan fingerprint density at radius 2 is 2.00 bits per heavy atom. The summed E-state index contributed by atoms with van der Waals surface area (Å²) in [5.41, 5.74) is 0. The first-order valence-corrected chi connectivity index (χ1v) is 6.50.